The summed E-state index contributed by atoms with van der Waals surface area (Å²) >= 11 is 1.84. The van der Waals surface area contributed by atoms with Gasteiger partial charge in [0.25, 0.3) is 5.91 Å². The fourth-order valence-corrected chi connectivity index (χ4v) is 4.61. The van der Waals surface area contributed by atoms with E-state index in [2.05, 4.69) is 33.9 Å². The second kappa shape index (κ2) is 7.19. The molecule has 2 fully saturated rings. The van der Waals surface area contributed by atoms with E-state index in [0.717, 1.165) is 26.1 Å². The van der Waals surface area contributed by atoms with Crippen LogP contribution in [0.4, 0.5) is 0 Å². The van der Waals surface area contributed by atoms with E-state index in [0.29, 0.717) is 18.8 Å². The molecule has 6 nitrogen and oxygen atoms in total. The van der Waals surface area contributed by atoms with Crippen molar-refractivity contribution in [3.8, 4) is 0 Å². The number of rotatable bonds is 3. The molecular formula is C18H22N4O2S. The van der Waals surface area contributed by atoms with Crippen LogP contribution in [-0.2, 0) is 11.3 Å². The standard InChI is InChI=1S/C18H22N4O2S/c1-13-2-3-14(25-13)11-21-7-4-17-16(12-21)22(8-9-24-17)18(23)15-10-19-5-6-20-15/h2-3,5-6,10,16-17H,4,7-9,11-12H2,1H3/t16-,17-/m0/s1. The van der Waals surface area contributed by atoms with Crippen molar-refractivity contribution in [2.75, 3.05) is 26.2 Å². The smallest absolute Gasteiger partial charge is 0.274 e. The maximum absolute atomic E-state index is 12.9. The second-order valence-corrected chi connectivity index (χ2v) is 7.97. The Hall–Kier alpha value is -1.83. The molecule has 0 bridgehead atoms. The summed E-state index contributed by atoms with van der Waals surface area (Å²) in [6.07, 6.45) is 5.78. The molecule has 0 unspecified atom stereocenters. The van der Waals surface area contributed by atoms with Crippen LogP contribution in [0.3, 0.4) is 0 Å². The molecule has 4 heterocycles. The van der Waals surface area contributed by atoms with E-state index < -0.39 is 0 Å². The quantitative estimate of drug-likeness (QED) is 0.839. The summed E-state index contributed by atoms with van der Waals surface area (Å²) in [5, 5.41) is 0. The molecule has 25 heavy (non-hydrogen) atoms. The van der Waals surface area contributed by atoms with Gasteiger partial charge in [-0.2, -0.15) is 0 Å². The molecule has 1 amide bonds. The molecule has 0 aliphatic carbocycles. The predicted octanol–water partition coefficient (Wildman–Crippen LogP) is 1.96. The van der Waals surface area contributed by atoms with Crippen LogP contribution in [0, 0.1) is 6.92 Å². The minimum absolute atomic E-state index is 0.0415. The number of carbonyl (C=O) groups is 1. The molecule has 2 saturated heterocycles. The van der Waals surface area contributed by atoms with Crippen LogP contribution in [0.2, 0.25) is 0 Å². The van der Waals surface area contributed by atoms with Crippen LogP contribution in [-0.4, -0.2) is 64.1 Å². The van der Waals surface area contributed by atoms with Crippen molar-refractivity contribution in [2.24, 2.45) is 0 Å². The van der Waals surface area contributed by atoms with E-state index in [1.54, 1.807) is 18.6 Å². The van der Waals surface area contributed by atoms with E-state index >= 15 is 0 Å². The Labute approximate surface area is 151 Å². The van der Waals surface area contributed by atoms with Crippen LogP contribution in [0.25, 0.3) is 0 Å². The van der Waals surface area contributed by atoms with E-state index in [4.69, 9.17) is 4.74 Å². The summed E-state index contributed by atoms with van der Waals surface area (Å²) in [5.41, 5.74) is 0.411. The van der Waals surface area contributed by atoms with Crippen LogP contribution in [0.1, 0.15) is 26.7 Å². The highest BCUT2D eigenvalue weighted by Gasteiger charge is 2.39. The zero-order valence-electron chi connectivity index (χ0n) is 14.3. The van der Waals surface area contributed by atoms with Crippen molar-refractivity contribution in [3.63, 3.8) is 0 Å². The van der Waals surface area contributed by atoms with E-state index in [-0.39, 0.29) is 18.1 Å². The van der Waals surface area contributed by atoms with Gasteiger partial charge >= 0.3 is 0 Å². The Balaban J connectivity index is 1.48. The van der Waals surface area contributed by atoms with Crippen molar-refractivity contribution in [1.29, 1.82) is 0 Å². The molecule has 2 aromatic rings. The number of thiophene rings is 1. The van der Waals surface area contributed by atoms with Crippen LogP contribution >= 0.6 is 11.3 Å². The Kier molecular flexibility index (Phi) is 4.78. The van der Waals surface area contributed by atoms with E-state index in [1.165, 1.54) is 9.75 Å². The van der Waals surface area contributed by atoms with Gasteiger partial charge in [-0.05, 0) is 25.5 Å². The number of morpholine rings is 1. The van der Waals surface area contributed by atoms with Gasteiger partial charge in [-0.3, -0.25) is 14.7 Å². The molecule has 2 atom stereocenters. The molecule has 7 heteroatoms. The highest BCUT2D eigenvalue weighted by atomic mass is 32.1. The van der Waals surface area contributed by atoms with Gasteiger partial charge in [0, 0.05) is 48.3 Å². The fourth-order valence-electron chi connectivity index (χ4n) is 3.68. The molecule has 0 N–H and O–H groups in total. The summed E-state index contributed by atoms with van der Waals surface area (Å²) in [5.74, 6) is -0.0415. The Bertz CT molecular complexity index is 736. The lowest BCUT2D eigenvalue weighted by Crippen LogP contribution is -2.61. The van der Waals surface area contributed by atoms with Gasteiger partial charge in [0.15, 0.2) is 0 Å². The number of nitrogens with zero attached hydrogens (tertiary/aromatic N) is 4. The zero-order valence-corrected chi connectivity index (χ0v) is 15.1. The third-order valence-corrected chi connectivity index (χ3v) is 5.87. The van der Waals surface area contributed by atoms with Gasteiger partial charge in [-0.25, -0.2) is 4.98 Å². The molecule has 2 aliphatic heterocycles. The molecule has 2 aliphatic rings. The number of hydrogen-bond acceptors (Lipinski definition) is 6. The topological polar surface area (TPSA) is 58.6 Å². The van der Waals surface area contributed by atoms with Crippen molar-refractivity contribution >= 4 is 17.2 Å². The molecular weight excluding hydrogens is 336 g/mol. The number of ether oxygens (including phenoxy) is 1. The van der Waals surface area contributed by atoms with Gasteiger partial charge in [-0.15, -0.1) is 11.3 Å². The van der Waals surface area contributed by atoms with Gasteiger partial charge in [-0.1, -0.05) is 0 Å². The number of likely N-dealkylation sites (tertiary alicyclic amines) is 1. The summed E-state index contributed by atoms with van der Waals surface area (Å²) in [7, 11) is 0. The van der Waals surface area contributed by atoms with E-state index in [9.17, 15) is 4.79 Å². The number of aromatic nitrogens is 2. The first-order valence-corrected chi connectivity index (χ1v) is 9.48. The second-order valence-electron chi connectivity index (χ2n) is 6.60. The summed E-state index contributed by atoms with van der Waals surface area (Å²) < 4.78 is 5.95. The SMILES string of the molecule is Cc1ccc(CN2CC[C@@H]3OCCN(C(=O)c4cnccn4)[C@H]3C2)s1. The maximum atomic E-state index is 12.9. The largest absolute Gasteiger partial charge is 0.374 e. The molecule has 4 rings (SSSR count). The first kappa shape index (κ1) is 16.6. The zero-order chi connectivity index (χ0) is 17.2. The summed E-state index contributed by atoms with van der Waals surface area (Å²) in [4.78, 5) is 28.2. The molecule has 0 aromatic carbocycles. The highest BCUT2D eigenvalue weighted by Crippen LogP contribution is 2.26. The molecule has 0 radical (unpaired) electrons. The Morgan fingerprint density at radius 2 is 2.28 bits per heavy atom. The Morgan fingerprint density at radius 3 is 3.04 bits per heavy atom. The average Bonchev–Trinajstić information content (AvgIpc) is 3.06. The third kappa shape index (κ3) is 3.58. The molecule has 2 aromatic heterocycles. The van der Waals surface area contributed by atoms with Gasteiger partial charge in [0.2, 0.25) is 0 Å². The number of amides is 1. The van der Waals surface area contributed by atoms with Crippen LogP contribution < -0.4 is 0 Å². The number of aryl methyl sites for hydroxylation is 1. The minimum atomic E-state index is -0.0415. The van der Waals surface area contributed by atoms with Gasteiger partial charge < -0.3 is 9.64 Å². The average molecular weight is 358 g/mol. The molecule has 132 valence electrons. The first-order chi connectivity index (χ1) is 12.2. The van der Waals surface area contributed by atoms with Crippen molar-refractivity contribution < 1.29 is 9.53 Å². The maximum Gasteiger partial charge on any atom is 0.274 e. The van der Waals surface area contributed by atoms with Crippen molar-refractivity contribution in [1.82, 2.24) is 19.8 Å². The molecule has 0 saturated carbocycles. The summed E-state index contributed by atoms with van der Waals surface area (Å²) in [6, 6.07) is 4.45. The van der Waals surface area contributed by atoms with Gasteiger partial charge in [0.1, 0.15) is 5.69 Å². The lowest BCUT2D eigenvalue weighted by molar-refractivity contribution is -0.0914. The Morgan fingerprint density at radius 1 is 1.36 bits per heavy atom. The minimum Gasteiger partial charge on any atom is -0.374 e. The fraction of sp³-hybridized carbons (Fsp3) is 0.500. The number of piperidine rings is 1. The van der Waals surface area contributed by atoms with Crippen molar-refractivity contribution in [3.05, 3.63) is 46.2 Å². The molecule has 0 spiro atoms. The van der Waals surface area contributed by atoms with Gasteiger partial charge in [0.05, 0.1) is 24.9 Å². The monoisotopic (exact) mass is 358 g/mol. The highest BCUT2D eigenvalue weighted by molar-refractivity contribution is 7.11. The first-order valence-electron chi connectivity index (χ1n) is 8.67. The number of fused-ring (bicyclic) bond motifs is 1. The lowest BCUT2D eigenvalue weighted by atomic mass is 9.98. The van der Waals surface area contributed by atoms with Crippen LogP contribution in [0.15, 0.2) is 30.7 Å². The normalized spacial score (nSPS) is 24.1. The van der Waals surface area contributed by atoms with Crippen LogP contribution in [0.5, 0.6) is 0 Å². The predicted molar refractivity (Wildman–Crippen MR) is 95.5 cm³/mol. The van der Waals surface area contributed by atoms with Crippen molar-refractivity contribution in [2.45, 2.75) is 32.0 Å². The lowest BCUT2D eigenvalue weighted by Gasteiger charge is -2.46. The third-order valence-electron chi connectivity index (χ3n) is 4.89. The van der Waals surface area contributed by atoms with E-state index in [1.807, 2.05) is 16.2 Å². The summed E-state index contributed by atoms with van der Waals surface area (Å²) in [6.45, 7) is 6.13. The number of hydrogen-bond donors (Lipinski definition) is 0. The number of carbonyl (C=O) groups excluding carboxylic acids is 1.